The Morgan fingerprint density at radius 3 is 2.96 bits per heavy atom. The van der Waals surface area contributed by atoms with Gasteiger partial charge in [-0.2, -0.15) is 5.10 Å². The standard InChI is InChI=1S/C17H23N7/c1-17(2,3)24-16-13(9-22-24)15(20-11-21-16)19-8-12-4-5-14-18-6-7-23(14)10-12/h6-7,9,11-12H,4-5,8,10H2,1-3H3,(H,19,20,21)/t12-/m1/s1. The van der Waals surface area contributed by atoms with Gasteiger partial charge in [-0.15, -0.1) is 0 Å². The summed E-state index contributed by atoms with van der Waals surface area (Å²) in [5.74, 6) is 2.64. The van der Waals surface area contributed by atoms with Crippen LogP contribution >= 0.6 is 0 Å². The fourth-order valence-electron chi connectivity index (χ4n) is 3.32. The summed E-state index contributed by atoms with van der Waals surface area (Å²) >= 11 is 0. The number of aryl methyl sites for hydroxylation is 1. The van der Waals surface area contributed by atoms with Gasteiger partial charge in [-0.1, -0.05) is 0 Å². The number of imidazole rings is 1. The lowest BCUT2D eigenvalue weighted by Crippen LogP contribution is -2.26. The Labute approximate surface area is 141 Å². The third kappa shape index (κ3) is 2.64. The molecule has 1 aliphatic heterocycles. The van der Waals surface area contributed by atoms with Gasteiger partial charge in [-0.3, -0.25) is 0 Å². The molecule has 24 heavy (non-hydrogen) atoms. The van der Waals surface area contributed by atoms with E-state index in [1.807, 2.05) is 17.1 Å². The summed E-state index contributed by atoms with van der Waals surface area (Å²) in [5.41, 5.74) is 0.773. The van der Waals surface area contributed by atoms with E-state index in [9.17, 15) is 0 Å². The van der Waals surface area contributed by atoms with Crippen LogP contribution in [0.4, 0.5) is 5.82 Å². The highest BCUT2D eigenvalue weighted by atomic mass is 15.3. The Morgan fingerprint density at radius 1 is 1.25 bits per heavy atom. The Morgan fingerprint density at radius 2 is 2.12 bits per heavy atom. The van der Waals surface area contributed by atoms with Crippen LogP contribution in [0.1, 0.15) is 33.0 Å². The number of nitrogens with zero attached hydrogens (tertiary/aromatic N) is 6. The zero-order valence-electron chi connectivity index (χ0n) is 14.4. The van der Waals surface area contributed by atoms with Gasteiger partial charge in [-0.25, -0.2) is 19.6 Å². The van der Waals surface area contributed by atoms with E-state index >= 15 is 0 Å². The molecule has 1 atom stereocenters. The Kier molecular flexibility index (Phi) is 3.51. The summed E-state index contributed by atoms with van der Waals surface area (Å²) in [6, 6.07) is 0. The summed E-state index contributed by atoms with van der Waals surface area (Å²) < 4.78 is 4.20. The van der Waals surface area contributed by atoms with Crippen molar-refractivity contribution in [1.82, 2.24) is 29.3 Å². The highest BCUT2D eigenvalue weighted by molar-refractivity contribution is 5.86. The van der Waals surface area contributed by atoms with Crippen molar-refractivity contribution in [1.29, 1.82) is 0 Å². The van der Waals surface area contributed by atoms with E-state index in [0.29, 0.717) is 5.92 Å². The van der Waals surface area contributed by atoms with Gasteiger partial charge < -0.3 is 9.88 Å². The zero-order valence-corrected chi connectivity index (χ0v) is 14.4. The van der Waals surface area contributed by atoms with Gasteiger partial charge in [0, 0.05) is 31.9 Å². The highest BCUT2D eigenvalue weighted by Crippen LogP contribution is 2.25. The number of aromatic nitrogens is 6. The van der Waals surface area contributed by atoms with E-state index in [4.69, 9.17) is 0 Å². The Bertz CT molecular complexity index is 855. The molecule has 0 saturated carbocycles. The SMILES string of the molecule is CC(C)(C)n1ncc2c(NC[C@H]3CCc4nccn4C3)ncnc21. The fraction of sp³-hybridized carbons (Fsp3) is 0.529. The molecule has 0 unspecified atom stereocenters. The molecule has 1 N–H and O–H groups in total. The van der Waals surface area contributed by atoms with Crippen LogP contribution in [0.3, 0.4) is 0 Å². The van der Waals surface area contributed by atoms with Gasteiger partial charge >= 0.3 is 0 Å². The summed E-state index contributed by atoms with van der Waals surface area (Å²) in [6.45, 7) is 8.28. The topological polar surface area (TPSA) is 73.5 Å². The molecule has 126 valence electrons. The first-order valence-electron chi connectivity index (χ1n) is 8.45. The van der Waals surface area contributed by atoms with Gasteiger partial charge in [-0.05, 0) is 33.1 Å². The molecule has 0 radical (unpaired) electrons. The van der Waals surface area contributed by atoms with Crippen molar-refractivity contribution >= 4 is 16.9 Å². The van der Waals surface area contributed by atoms with Gasteiger partial charge in [0.05, 0.1) is 17.1 Å². The van der Waals surface area contributed by atoms with E-state index in [1.165, 1.54) is 5.82 Å². The average Bonchev–Trinajstić information content (AvgIpc) is 3.18. The normalized spacial score (nSPS) is 17.9. The van der Waals surface area contributed by atoms with Gasteiger partial charge in [0.15, 0.2) is 5.65 Å². The van der Waals surface area contributed by atoms with Gasteiger partial charge in [0.2, 0.25) is 0 Å². The van der Waals surface area contributed by atoms with Crippen LogP contribution in [0.2, 0.25) is 0 Å². The maximum atomic E-state index is 4.51. The van der Waals surface area contributed by atoms with Crippen molar-refractivity contribution in [2.24, 2.45) is 5.92 Å². The Balaban J connectivity index is 1.52. The maximum Gasteiger partial charge on any atom is 0.163 e. The molecule has 4 heterocycles. The second kappa shape index (κ2) is 5.58. The molecule has 0 aromatic carbocycles. The predicted molar refractivity (Wildman–Crippen MR) is 92.8 cm³/mol. The molecule has 7 heteroatoms. The molecule has 0 bridgehead atoms. The third-order valence-electron chi connectivity index (χ3n) is 4.59. The molecule has 0 amide bonds. The van der Waals surface area contributed by atoms with Crippen LogP contribution in [-0.2, 0) is 18.5 Å². The molecule has 7 nitrogen and oxygen atoms in total. The highest BCUT2D eigenvalue weighted by Gasteiger charge is 2.21. The Hall–Kier alpha value is -2.44. The van der Waals surface area contributed by atoms with Crippen molar-refractivity contribution < 1.29 is 0 Å². The van der Waals surface area contributed by atoms with E-state index in [2.05, 4.69) is 56.9 Å². The molecule has 3 aromatic heterocycles. The van der Waals surface area contributed by atoms with E-state index in [-0.39, 0.29) is 5.54 Å². The number of hydrogen-bond acceptors (Lipinski definition) is 5. The number of anilines is 1. The quantitative estimate of drug-likeness (QED) is 0.801. The fourth-order valence-corrected chi connectivity index (χ4v) is 3.32. The molecular formula is C17H23N7. The first-order valence-corrected chi connectivity index (χ1v) is 8.45. The van der Waals surface area contributed by atoms with Crippen molar-refractivity contribution in [3.8, 4) is 0 Å². The summed E-state index contributed by atoms with van der Waals surface area (Å²) in [6.07, 6.45) is 9.62. The minimum Gasteiger partial charge on any atom is -0.369 e. The molecule has 4 rings (SSSR count). The summed E-state index contributed by atoms with van der Waals surface area (Å²) in [7, 11) is 0. The third-order valence-corrected chi connectivity index (χ3v) is 4.59. The molecule has 0 aliphatic carbocycles. The van der Waals surface area contributed by atoms with E-state index < -0.39 is 0 Å². The molecule has 0 spiro atoms. The van der Waals surface area contributed by atoms with Crippen molar-refractivity contribution in [2.45, 2.75) is 45.7 Å². The number of fused-ring (bicyclic) bond motifs is 2. The van der Waals surface area contributed by atoms with Crippen LogP contribution in [0, 0.1) is 5.92 Å². The number of nitrogens with one attached hydrogen (secondary N) is 1. The lowest BCUT2D eigenvalue weighted by atomic mass is 9.99. The van der Waals surface area contributed by atoms with Crippen LogP contribution in [-0.4, -0.2) is 35.8 Å². The molecular weight excluding hydrogens is 302 g/mol. The van der Waals surface area contributed by atoms with Crippen LogP contribution in [0.15, 0.2) is 24.9 Å². The lowest BCUT2D eigenvalue weighted by Gasteiger charge is -2.24. The molecule has 1 aliphatic rings. The zero-order chi connectivity index (χ0) is 16.7. The monoisotopic (exact) mass is 325 g/mol. The van der Waals surface area contributed by atoms with Crippen LogP contribution in [0.25, 0.3) is 11.0 Å². The smallest absolute Gasteiger partial charge is 0.163 e. The van der Waals surface area contributed by atoms with Crippen molar-refractivity contribution in [3.05, 3.63) is 30.7 Å². The van der Waals surface area contributed by atoms with Crippen LogP contribution < -0.4 is 5.32 Å². The second-order valence-electron chi connectivity index (χ2n) is 7.47. The molecule has 0 fully saturated rings. The van der Waals surface area contributed by atoms with Crippen molar-refractivity contribution in [3.63, 3.8) is 0 Å². The maximum absolute atomic E-state index is 4.51. The second-order valence-corrected chi connectivity index (χ2v) is 7.47. The van der Waals surface area contributed by atoms with E-state index in [1.54, 1.807) is 6.33 Å². The number of hydrogen-bond donors (Lipinski definition) is 1. The largest absolute Gasteiger partial charge is 0.369 e. The van der Waals surface area contributed by atoms with Crippen LogP contribution in [0.5, 0.6) is 0 Å². The average molecular weight is 325 g/mol. The minimum atomic E-state index is -0.103. The molecule has 0 saturated heterocycles. The predicted octanol–water partition coefficient (Wildman–Crippen LogP) is 2.45. The first kappa shape index (κ1) is 15.1. The molecule has 3 aromatic rings. The lowest BCUT2D eigenvalue weighted by molar-refractivity contribution is 0.366. The minimum absolute atomic E-state index is 0.103. The summed E-state index contributed by atoms with van der Waals surface area (Å²) in [4.78, 5) is 13.2. The van der Waals surface area contributed by atoms with Gasteiger partial charge in [0.25, 0.3) is 0 Å². The van der Waals surface area contributed by atoms with E-state index in [0.717, 1.165) is 42.8 Å². The van der Waals surface area contributed by atoms with Crippen molar-refractivity contribution in [2.75, 3.05) is 11.9 Å². The first-order chi connectivity index (χ1) is 11.5. The summed E-state index contributed by atoms with van der Waals surface area (Å²) in [5, 5.41) is 8.99. The van der Waals surface area contributed by atoms with Gasteiger partial charge in [0.1, 0.15) is 18.0 Å². The number of rotatable bonds is 3.